The number of methoxy groups -OCH3 is 2. The number of benzene rings is 2. The van der Waals surface area contributed by atoms with Gasteiger partial charge >= 0.3 is 0 Å². The highest BCUT2D eigenvalue weighted by Gasteiger charge is 2.18. The second-order valence-electron chi connectivity index (χ2n) is 6.23. The highest BCUT2D eigenvalue weighted by Crippen LogP contribution is 2.37. The molecule has 0 unspecified atom stereocenters. The van der Waals surface area contributed by atoms with Crippen molar-refractivity contribution in [2.24, 2.45) is 0 Å². The molecule has 0 aliphatic rings. The molecule has 0 amide bonds. The fourth-order valence-electron chi connectivity index (χ4n) is 3.07. The van der Waals surface area contributed by atoms with Crippen LogP contribution < -0.4 is 9.47 Å². The molecule has 0 atom stereocenters. The van der Waals surface area contributed by atoms with Crippen molar-refractivity contribution in [3.63, 3.8) is 0 Å². The molecule has 0 spiro atoms. The molecule has 0 aliphatic heterocycles. The van der Waals surface area contributed by atoms with Gasteiger partial charge in [0.05, 0.1) is 14.2 Å². The maximum absolute atomic E-state index is 12.7. The molecule has 0 saturated heterocycles. The van der Waals surface area contributed by atoms with Gasteiger partial charge in [0.2, 0.25) is 11.5 Å². The molecule has 5 nitrogen and oxygen atoms in total. The number of hydrogen-bond acceptors (Lipinski definition) is 5. The number of carbonyl (C=O) groups is 1. The largest absolute Gasteiger partial charge is 0.502 e. The highest BCUT2D eigenvalue weighted by atomic mass is 16.5. The monoisotopic (exact) mass is 366 g/mol. The lowest BCUT2D eigenvalue weighted by atomic mass is 10.0. The van der Waals surface area contributed by atoms with Gasteiger partial charge in [0.1, 0.15) is 5.58 Å². The van der Waals surface area contributed by atoms with E-state index in [9.17, 15) is 9.90 Å². The summed E-state index contributed by atoms with van der Waals surface area (Å²) in [7, 11) is 2.91. The summed E-state index contributed by atoms with van der Waals surface area (Å²) >= 11 is 0. The van der Waals surface area contributed by atoms with Crippen molar-refractivity contribution < 1.29 is 23.8 Å². The molecule has 3 aromatic rings. The molecule has 1 heterocycles. The number of fused-ring (bicyclic) bond motifs is 1. The molecule has 2 aromatic carbocycles. The van der Waals surface area contributed by atoms with Gasteiger partial charge in [-0.3, -0.25) is 4.79 Å². The van der Waals surface area contributed by atoms with Crippen LogP contribution in [0.25, 0.3) is 17.0 Å². The van der Waals surface area contributed by atoms with E-state index in [1.54, 1.807) is 18.2 Å². The average molecular weight is 366 g/mol. The van der Waals surface area contributed by atoms with E-state index in [1.807, 2.05) is 32.0 Å². The first-order valence-corrected chi connectivity index (χ1v) is 8.67. The average Bonchev–Trinajstić information content (AvgIpc) is 3.04. The molecular formula is C22H22O5. The Labute approximate surface area is 157 Å². The summed E-state index contributed by atoms with van der Waals surface area (Å²) in [4.78, 5) is 12.7. The third kappa shape index (κ3) is 3.53. The number of phenols is 1. The predicted molar refractivity (Wildman–Crippen MR) is 105 cm³/mol. The highest BCUT2D eigenvalue weighted by molar-refractivity contribution is 6.08. The van der Waals surface area contributed by atoms with Gasteiger partial charge in [-0.1, -0.05) is 24.6 Å². The summed E-state index contributed by atoms with van der Waals surface area (Å²) in [5, 5.41) is 11.0. The van der Waals surface area contributed by atoms with Gasteiger partial charge in [0.25, 0.3) is 0 Å². The molecule has 0 bridgehead atoms. The van der Waals surface area contributed by atoms with Crippen LogP contribution in [0, 0.1) is 6.92 Å². The number of hydrogen-bond donors (Lipinski definition) is 1. The minimum absolute atomic E-state index is 0.0793. The first-order valence-electron chi connectivity index (χ1n) is 8.67. The van der Waals surface area contributed by atoms with Crippen LogP contribution in [-0.4, -0.2) is 25.1 Å². The Morgan fingerprint density at radius 1 is 1.15 bits per heavy atom. The zero-order valence-electron chi connectivity index (χ0n) is 15.8. The Bertz CT molecular complexity index is 1000. The minimum atomic E-state index is -0.216. The number of carbonyl (C=O) groups excluding carboxylic acids is 1. The van der Waals surface area contributed by atoms with E-state index in [4.69, 9.17) is 13.9 Å². The van der Waals surface area contributed by atoms with Crippen LogP contribution in [0.2, 0.25) is 0 Å². The summed E-state index contributed by atoms with van der Waals surface area (Å²) in [5.41, 5.74) is 3.40. The summed E-state index contributed by atoms with van der Waals surface area (Å²) in [5.74, 6) is 0.605. The topological polar surface area (TPSA) is 68.9 Å². The van der Waals surface area contributed by atoms with Crippen molar-refractivity contribution in [1.29, 1.82) is 0 Å². The molecule has 140 valence electrons. The van der Waals surface area contributed by atoms with Crippen LogP contribution in [0.15, 0.2) is 40.8 Å². The SMILES string of the molecule is CCc1c(C(=O)C=Cc2cc(OC)c(O)c(OC)c2)oc2ccc(C)cc12. The third-order valence-corrected chi connectivity index (χ3v) is 4.45. The standard InChI is InChI=1S/C22H22O5/c1-5-15-16-10-13(2)6-9-18(16)27-22(15)17(23)8-7-14-11-19(25-3)21(24)20(12-14)26-4/h6-12,24H,5H2,1-4H3. The van der Waals surface area contributed by atoms with Crippen molar-refractivity contribution in [3.8, 4) is 17.2 Å². The maximum atomic E-state index is 12.7. The van der Waals surface area contributed by atoms with Crippen molar-refractivity contribution in [2.75, 3.05) is 14.2 Å². The van der Waals surface area contributed by atoms with Crippen LogP contribution >= 0.6 is 0 Å². The molecule has 0 saturated carbocycles. The lowest BCUT2D eigenvalue weighted by Gasteiger charge is -2.09. The van der Waals surface area contributed by atoms with E-state index >= 15 is 0 Å². The molecule has 5 heteroatoms. The molecule has 1 N–H and O–H groups in total. The maximum Gasteiger partial charge on any atom is 0.221 e. The number of furan rings is 1. The summed E-state index contributed by atoms with van der Waals surface area (Å²) in [6.45, 7) is 4.02. The van der Waals surface area contributed by atoms with Crippen LogP contribution in [-0.2, 0) is 6.42 Å². The van der Waals surface area contributed by atoms with Crippen LogP contribution in [0.3, 0.4) is 0 Å². The second-order valence-corrected chi connectivity index (χ2v) is 6.23. The molecule has 1 aromatic heterocycles. The van der Waals surface area contributed by atoms with Gasteiger partial charge in [0, 0.05) is 10.9 Å². The molecule has 27 heavy (non-hydrogen) atoms. The molecule has 3 rings (SSSR count). The summed E-state index contributed by atoms with van der Waals surface area (Å²) in [6, 6.07) is 9.15. The smallest absolute Gasteiger partial charge is 0.221 e. The van der Waals surface area contributed by atoms with Gasteiger partial charge in [-0.2, -0.15) is 0 Å². The Hall–Kier alpha value is -3.21. The third-order valence-electron chi connectivity index (χ3n) is 4.45. The first kappa shape index (κ1) is 18.6. The van der Waals surface area contributed by atoms with Gasteiger partial charge in [-0.15, -0.1) is 0 Å². The molecular weight excluding hydrogens is 344 g/mol. The van der Waals surface area contributed by atoms with Gasteiger partial charge < -0.3 is 19.0 Å². The van der Waals surface area contributed by atoms with Crippen LogP contribution in [0.1, 0.15) is 34.2 Å². The van der Waals surface area contributed by atoms with E-state index in [-0.39, 0.29) is 23.0 Å². The first-order chi connectivity index (χ1) is 13.0. The fraction of sp³-hybridized carbons (Fsp3) is 0.227. The molecule has 0 aliphatic carbocycles. The number of ketones is 1. The van der Waals surface area contributed by atoms with Gasteiger partial charge in [-0.05, 0) is 49.2 Å². The quantitative estimate of drug-likeness (QED) is 0.495. The van der Waals surface area contributed by atoms with E-state index in [2.05, 4.69) is 0 Å². The second kappa shape index (κ2) is 7.58. The van der Waals surface area contributed by atoms with Crippen molar-refractivity contribution in [3.05, 3.63) is 58.9 Å². The number of phenolic OH excluding ortho intramolecular Hbond substituents is 1. The number of rotatable bonds is 6. The molecule has 0 radical (unpaired) electrons. The number of aromatic hydroxyl groups is 1. The summed E-state index contributed by atoms with van der Waals surface area (Å²) < 4.78 is 16.1. The molecule has 0 fully saturated rings. The number of allylic oxidation sites excluding steroid dienone is 1. The Morgan fingerprint density at radius 2 is 1.81 bits per heavy atom. The van der Waals surface area contributed by atoms with Gasteiger partial charge in [-0.25, -0.2) is 0 Å². The van der Waals surface area contributed by atoms with Crippen LogP contribution in [0.4, 0.5) is 0 Å². The Morgan fingerprint density at radius 3 is 2.41 bits per heavy atom. The van der Waals surface area contributed by atoms with Crippen molar-refractivity contribution in [1.82, 2.24) is 0 Å². The predicted octanol–water partition coefficient (Wildman–Crippen LogP) is 4.92. The number of ether oxygens (including phenoxy) is 2. The van der Waals surface area contributed by atoms with E-state index in [0.29, 0.717) is 23.3 Å². The fourth-order valence-corrected chi connectivity index (χ4v) is 3.07. The van der Waals surface area contributed by atoms with Gasteiger partial charge in [0.15, 0.2) is 17.3 Å². The normalized spacial score (nSPS) is 11.3. The Kier molecular flexibility index (Phi) is 5.21. The minimum Gasteiger partial charge on any atom is -0.502 e. The van der Waals surface area contributed by atoms with Crippen LogP contribution in [0.5, 0.6) is 17.2 Å². The van der Waals surface area contributed by atoms with E-state index < -0.39 is 0 Å². The lowest BCUT2D eigenvalue weighted by Crippen LogP contribution is -1.96. The number of aryl methyl sites for hydroxylation is 2. The van der Waals surface area contributed by atoms with E-state index in [1.165, 1.54) is 20.3 Å². The van der Waals surface area contributed by atoms with E-state index in [0.717, 1.165) is 16.5 Å². The van der Waals surface area contributed by atoms with Crippen molar-refractivity contribution >= 4 is 22.8 Å². The zero-order valence-corrected chi connectivity index (χ0v) is 15.8. The van der Waals surface area contributed by atoms with Crippen molar-refractivity contribution in [2.45, 2.75) is 20.3 Å². The zero-order chi connectivity index (χ0) is 19.6. The summed E-state index contributed by atoms with van der Waals surface area (Å²) in [6.07, 6.45) is 3.80. The Balaban J connectivity index is 1.97. The lowest BCUT2D eigenvalue weighted by molar-refractivity contribution is 0.102.